The van der Waals surface area contributed by atoms with E-state index in [9.17, 15) is 0 Å². The molecule has 22 heavy (non-hydrogen) atoms. The van der Waals surface area contributed by atoms with Gasteiger partial charge in [0.15, 0.2) is 0 Å². The largest absolute Gasteiger partial charge is 0.263 e. The number of aromatic nitrogens is 1. The average Bonchev–Trinajstić information content (AvgIpc) is 2.73. The highest BCUT2D eigenvalue weighted by Crippen LogP contribution is 2.39. The van der Waals surface area contributed by atoms with E-state index in [4.69, 9.17) is 13.7 Å². The Balaban J connectivity index is 2.55. The molecular formula is C21H21N. The summed E-state index contributed by atoms with van der Waals surface area (Å²) >= 11 is 0. The van der Waals surface area contributed by atoms with Crippen LogP contribution in [0.3, 0.4) is 0 Å². The maximum Gasteiger partial charge on any atom is 0.0629 e. The molecule has 0 amide bonds. The van der Waals surface area contributed by atoms with Gasteiger partial charge in [-0.25, -0.2) is 0 Å². The van der Waals surface area contributed by atoms with Gasteiger partial charge in [0.1, 0.15) is 0 Å². The zero-order valence-corrected chi connectivity index (χ0v) is 12.6. The SMILES string of the molecule is [2H]c1c([2H])c([2H])c(-c2cncc(-c3c([2H])c([2H])c([2H])c([2H])c3[2H])c2C(C)(C)C)c([2H])c1[2H]. The molecule has 0 aliphatic rings. The van der Waals surface area contributed by atoms with Crippen LogP contribution < -0.4 is 0 Å². The zero-order valence-electron chi connectivity index (χ0n) is 22.6. The number of hydrogen-bond acceptors (Lipinski definition) is 1. The summed E-state index contributed by atoms with van der Waals surface area (Å²) in [5.41, 5.74) is 0.159. The van der Waals surface area contributed by atoms with E-state index >= 15 is 0 Å². The first-order chi connectivity index (χ1) is 14.7. The van der Waals surface area contributed by atoms with Crippen LogP contribution in [0.4, 0.5) is 0 Å². The molecule has 3 rings (SSSR count). The lowest BCUT2D eigenvalue weighted by Crippen LogP contribution is -2.15. The van der Waals surface area contributed by atoms with Crippen LogP contribution in [0.1, 0.15) is 40.0 Å². The van der Waals surface area contributed by atoms with Gasteiger partial charge in [0.05, 0.1) is 13.7 Å². The second kappa shape index (κ2) is 5.76. The molecule has 2 aromatic carbocycles. The van der Waals surface area contributed by atoms with E-state index in [1.807, 2.05) is 20.8 Å². The number of pyridine rings is 1. The number of nitrogens with zero attached hydrogens (tertiary/aromatic N) is 1. The lowest BCUT2D eigenvalue weighted by molar-refractivity contribution is 0.593. The molecule has 3 aromatic rings. The highest BCUT2D eigenvalue weighted by molar-refractivity contribution is 5.78. The fourth-order valence-corrected chi connectivity index (χ4v) is 2.42. The van der Waals surface area contributed by atoms with Gasteiger partial charge in [-0.3, -0.25) is 4.98 Å². The van der Waals surface area contributed by atoms with Crippen LogP contribution in [0.25, 0.3) is 22.3 Å². The number of rotatable bonds is 2. The molecule has 1 heteroatoms. The summed E-state index contributed by atoms with van der Waals surface area (Å²) in [5.74, 6) is 0. The molecule has 1 heterocycles. The van der Waals surface area contributed by atoms with Gasteiger partial charge in [-0.1, -0.05) is 81.2 Å². The molecule has 0 saturated carbocycles. The maximum absolute atomic E-state index is 8.37. The smallest absolute Gasteiger partial charge is 0.0629 e. The van der Waals surface area contributed by atoms with E-state index in [0.717, 1.165) is 0 Å². The van der Waals surface area contributed by atoms with Crippen LogP contribution in [0.15, 0.2) is 72.8 Å². The number of hydrogen-bond donors (Lipinski definition) is 0. The first-order valence-electron chi connectivity index (χ1n) is 11.8. The van der Waals surface area contributed by atoms with Gasteiger partial charge in [0, 0.05) is 23.5 Å². The molecule has 0 saturated heterocycles. The molecule has 0 fully saturated rings. The van der Waals surface area contributed by atoms with Crippen LogP contribution in [0, 0.1) is 0 Å². The van der Waals surface area contributed by atoms with Gasteiger partial charge in [0.25, 0.3) is 0 Å². The Morgan fingerprint density at radius 1 is 0.727 bits per heavy atom. The van der Waals surface area contributed by atoms with Crippen molar-refractivity contribution >= 4 is 0 Å². The Kier molecular flexibility index (Phi) is 1.78. The first-order valence-corrected chi connectivity index (χ1v) is 6.84. The molecular weight excluding hydrogens is 266 g/mol. The molecule has 0 aliphatic carbocycles. The fraction of sp³-hybridized carbons (Fsp3) is 0.190. The summed E-state index contributed by atoms with van der Waals surface area (Å²) in [6.45, 7) is 5.50. The van der Waals surface area contributed by atoms with Crippen LogP contribution in [-0.2, 0) is 5.41 Å². The molecule has 0 bridgehead atoms. The molecule has 0 aliphatic heterocycles. The van der Waals surface area contributed by atoms with Gasteiger partial charge in [-0.05, 0) is 22.1 Å². The molecule has 1 nitrogen and oxygen atoms in total. The Morgan fingerprint density at radius 2 is 1.14 bits per heavy atom. The molecule has 110 valence electrons. The van der Waals surface area contributed by atoms with Crippen molar-refractivity contribution in [3.63, 3.8) is 0 Å². The van der Waals surface area contributed by atoms with E-state index < -0.39 is 65.8 Å². The van der Waals surface area contributed by atoms with Crippen molar-refractivity contribution < 1.29 is 13.7 Å². The average molecular weight is 297 g/mol. The monoisotopic (exact) mass is 297 g/mol. The zero-order chi connectivity index (χ0) is 24.3. The fourth-order valence-electron chi connectivity index (χ4n) is 2.42. The Bertz CT molecular complexity index is 1120. The van der Waals surface area contributed by atoms with Crippen molar-refractivity contribution in [2.24, 2.45) is 0 Å². The summed E-state index contributed by atoms with van der Waals surface area (Å²) in [6, 6.07) is -4.61. The summed E-state index contributed by atoms with van der Waals surface area (Å²) < 4.78 is 81.3. The topological polar surface area (TPSA) is 12.9 Å². The summed E-state index contributed by atoms with van der Waals surface area (Å²) in [7, 11) is 0. The minimum atomic E-state index is -0.695. The minimum Gasteiger partial charge on any atom is -0.263 e. The Hall–Kier alpha value is -2.41. The highest BCUT2D eigenvalue weighted by atomic mass is 14.6. The van der Waals surface area contributed by atoms with Crippen LogP contribution >= 0.6 is 0 Å². The van der Waals surface area contributed by atoms with Crippen molar-refractivity contribution in [3.05, 3.63) is 78.4 Å². The van der Waals surface area contributed by atoms with E-state index in [1.54, 1.807) is 0 Å². The predicted octanol–water partition coefficient (Wildman–Crippen LogP) is 5.71. The second-order valence-electron chi connectivity index (χ2n) is 5.86. The van der Waals surface area contributed by atoms with Gasteiger partial charge < -0.3 is 0 Å². The second-order valence-corrected chi connectivity index (χ2v) is 5.86. The van der Waals surface area contributed by atoms with Gasteiger partial charge in [-0.2, -0.15) is 0 Å². The standard InChI is InChI=1S/C21H21N/c1-21(2,3)20-18(16-10-6-4-7-11-16)14-22-15-19(20)17-12-8-5-9-13-17/h4-15H,1-3H3/i4D,5D,6D,7D,8D,9D,10D,11D,12D,13D. The van der Waals surface area contributed by atoms with Crippen LogP contribution in [-0.4, -0.2) is 4.98 Å². The highest BCUT2D eigenvalue weighted by Gasteiger charge is 2.23. The molecule has 0 N–H and O–H groups in total. The molecule has 1 aromatic heterocycles. The third-order valence-corrected chi connectivity index (χ3v) is 3.23. The van der Waals surface area contributed by atoms with Gasteiger partial charge in [-0.15, -0.1) is 0 Å². The van der Waals surface area contributed by atoms with E-state index in [0.29, 0.717) is 5.56 Å². The lowest BCUT2D eigenvalue weighted by Gasteiger charge is -2.26. The molecule has 0 unspecified atom stereocenters. The van der Waals surface area contributed by atoms with Gasteiger partial charge >= 0.3 is 0 Å². The van der Waals surface area contributed by atoms with Crippen molar-refractivity contribution in [3.8, 4) is 22.3 Å². The third-order valence-electron chi connectivity index (χ3n) is 3.23. The minimum absolute atomic E-state index is 0.0531. The van der Waals surface area contributed by atoms with E-state index in [1.165, 1.54) is 12.4 Å². The number of benzene rings is 2. The van der Waals surface area contributed by atoms with Crippen molar-refractivity contribution in [1.82, 2.24) is 4.98 Å². The van der Waals surface area contributed by atoms with Crippen molar-refractivity contribution in [2.75, 3.05) is 0 Å². The normalized spacial score (nSPS) is 17.8. The maximum atomic E-state index is 8.37. The summed E-state index contributed by atoms with van der Waals surface area (Å²) in [5, 5.41) is 0. The molecule has 0 spiro atoms. The van der Waals surface area contributed by atoms with Crippen molar-refractivity contribution in [1.29, 1.82) is 0 Å². The predicted molar refractivity (Wildman–Crippen MR) is 93.8 cm³/mol. The first kappa shape index (κ1) is 6.78. The summed E-state index contributed by atoms with van der Waals surface area (Å²) in [4.78, 5) is 4.17. The van der Waals surface area contributed by atoms with Gasteiger partial charge in [0.2, 0.25) is 0 Å². The Labute approximate surface area is 146 Å². The quantitative estimate of drug-likeness (QED) is 0.590. The Morgan fingerprint density at radius 3 is 1.50 bits per heavy atom. The van der Waals surface area contributed by atoms with Crippen molar-refractivity contribution in [2.45, 2.75) is 26.2 Å². The van der Waals surface area contributed by atoms with E-state index in [2.05, 4.69) is 4.98 Å². The van der Waals surface area contributed by atoms with Crippen LogP contribution in [0.2, 0.25) is 0 Å². The lowest BCUT2D eigenvalue weighted by atomic mass is 9.78. The van der Waals surface area contributed by atoms with Crippen LogP contribution in [0.5, 0.6) is 0 Å². The summed E-state index contributed by atoms with van der Waals surface area (Å²) in [6.07, 6.45) is 2.76. The molecule has 0 radical (unpaired) electrons. The molecule has 0 atom stereocenters. The third kappa shape index (κ3) is 2.80. The van der Waals surface area contributed by atoms with E-state index in [-0.39, 0.29) is 22.3 Å².